The van der Waals surface area contributed by atoms with Crippen molar-refractivity contribution in [1.82, 2.24) is 0 Å². The molecule has 0 aliphatic rings. The quantitative estimate of drug-likeness (QED) is 0.806. The van der Waals surface area contributed by atoms with Crippen LogP contribution in [0.15, 0.2) is 18.2 Å². The first-order valence-corrected chi connectivity index (χ1v) is 5.24. The number of nitrogens with one attached hydrogen (secondary N) is 1. The van der Waals surface area contributed by atoms with Crippen molar-refractivity contribution in [2.24, 2.45) is 0 Å². The minimum atomic E-state index is -0.470. The van der Waals surface area contributed by atoms with Gasteiger partial charge in [-0.05, 0) is 25.5 Å². The van der Waals surface area contributed by atoms with Crippen LogP contribution in [0.2, 0.25) is 0 Å². The average molecular weight is 228 g/mol. The fourth-order valence-electron chi connectivity index (χ4n) is 1.23. The van der Waals surface area contributed by atoms with E-state index >= 15 is 0 Å². The number of ether oxygens (including phenoxy) is 1. The Morgan fingerprint density at radius 1 is 1.47 bits per heavy atom. The zero-order chi connectivity index (χ0) is 11.3. The van der Waals surface area contributed by atoms with E-state index in [-0.39, 0.29) is 6.61 Å². The van der Waals surface area contributed by atoms with Crippen LogP contribution in [0.25, 0.3) is 0 Å². The number of benzene rings is 1. The molecule has 0 saturated carbocycles. The molecule has 1 rings (SSSR count). The zero-order valence-corrected chi connectivity index (χ0v) is 9.60. The van der Waals surface area contributed by atoms with Crippen LogP contribution in [-0.2, 0) is 4.74 Å². The number of carbonyl (C=O) groups is 1. The summed E-state index contributed by atoms with van der Waals surface area (Å²) in [6.07, 6.45) is -0.470. The highest BCUT2D eigenvalue weighted by Crippen LogP contribution is 2.15. The largest absolute Gasteiger partial charge is 0.448 e. The molecule has 1 amide bonds. The maximum absolute atomic E-state index is 11.2. The van der Waals surface area contributed by atoms with E-state index in [1.165, 1.54) is 0 Å². The van der Waals surface area contributed by atoms with Crippen LogP contribution >= 0.6 is 11.6 Å². The zero-order valence-electron chi connectivity index (χ0n) is 8.84. The molecule has 0 saturated heterocycles. The third kappa shape index (κ3) is 3.80. The van der Waals surface area contributed by atoms with Gasteiger partial charge in [-0.3, -0.25) is 5.32 Å². The maximum Gasteiger partial charge on any atom is 0.411 e. The summed E-state index contributed by atoms with van der Waals surface area (Å²) >= 11 is 5.40. The van der Waals surface area contributed by atoms with Gasteiger partial charge in [0.2, 0.25) is 0 Å². The number of alkyl halides is 1. The number of hydrogen-bond acceptors (Lipinski definition) is 2. The van der Waals surface area contributed by atoms with E-state index in [1.807, 2.05) is 32.0 Å². The van der Waals surface area contributed by atoms with Crippen LogP contribution in [0.3, 0.4) is 0 Å². The van der Waals surface area contributed by atoms with Gasteiger partial charge in [-0.25, -0.2) is 4.79 Å². The van der Waals surface area contributed by atoms with Crippen molar-refractivity contribution in [1.29, 1.82) is 0 Å². The monoisotopic (exact) mass is 227 g/mol. The lowest BCUT2D eigenvalue weighted by Gasteiger charge is -2.08. The van der Waals surface area contributed by atoms with E-state index in [0.29, 0.717) is 5.88 Å². The van der Waals surface area contributed by atoms with E-state index in [2.05, 4.69) is 5.32 Å². The van der Waals surface area contributed by atoms with Crippen LogP contribution in [0.1, 0.15) is 11.1 Å². The molecule has 0 unspecified atom stereocenters. The van der Waals surface area contributed by atoms with E-state index in [1.54, 1.807) is 0 Å². The van der Waals surface area contributed by atoms with Crippen molar-refractivity contribution in [2.45, 2.75) is 13.8 Å². The fourth-order valence-corrected chi connectivity index (χ4v) is 1.31. The Labute approximate surface area is 94.4 Å². The van der Waals surface area contributed by atoms with Crippen molar-refractivity contribution >= 4 is 23.4 Å². The minimum Gasteiger partial charge on any atom is -0.448 e. The standard InChI is InChI=1S/C11H14ClNO2/c1-8-3-4-10(9(2)7-8)13-11(14)15-6-5-12/h3-4,7H,5-6H2,1-2H3,(H,13,14). The van der Waals surface area contributed by atoms with Gasteiger partial charge in [0, 0.05) is 5.69 Å². The molecule has 1 aromatic carbocycles. The second-order valence-corrected chi connectivity index (χ2v) is 3.65. The molecule has 0 bridgehead atoms. The lowest BCUT2D eigenvalue weighted by atomic mass is 10.1. The normalized spacial score (nSPS) is 9.80. The fraction of sp³-hybridized carbons (Fsp3) is 0.364. The number of amides is 1. The molecule has 1 aromatic rings. The molecule has 0 atom stereocenters. The highest BCUT2D eigenvalue weighted by molar-refractivity contribution is 6.18. The Bertz CT molecular complexity index is 352. The summed E-state index contributed by atoms with van der Waals surface area (Å²) in [5.74, 6) is 0.306. The second-order valence-electron chi connectivity index (χ2n) is 3.27. The summed E-state index contributed by atoms with van der Waals surface area (Å²) in [7, 11) is 0. The molecule has 4 heteroatoms. The molecule has 1 N–H and O–H groups in total. The van der Waals surface area contributed by atoms with Crippen molar-refractivity contribution in [2.75, 3.05) is 17.8 Å². The first kappa shape index (κ1) is 11.9. The molecule has 0 aromatic heterocycles. The Balaban J connectivity index is 2.60. The highest BCUT2D eigenvalue weighted by atomic mass is 35.5. The van der Waals surface area contributed by atoms with Gasteiger partial charge < -0.3 is 4.74 Å². The SMILES string of the molecule is Cc1ccc(NC(=O)OCCCl)c(C)c1. The third-order valence-corrected chi connectivity index (χ3v) is 2.08. The summed E-state index contributed by atoms with van der Waals surface area (Å²) in [5, 5.41) is 2.65. The number of rotatable bonds is 3. The Morgan fingerprint density at radius 2 is 2.20 bits per heavy atom. The Kier molecular flexibility index (Phi) is 4.43. The molecular formula is C11H14ClNO2. The molecule has 3 nitrogen and oxygen atoms in total. The lowest BCUT2D eigenvalue weighted by molar-refractivity contribution is 0.168. The van der Waals surface area contributed by atoms with Gasteiger partial charge in [-0.1, -0.05) is 17.7 Å². The molecule has 0 radical (unpaired) electrons. The smallest absolute Gasteiger partial charge is 0.411 e. The summed E-state index contributed by atoms with van der Waals surface area (Å²) in [6.45, 7) is 4.16. The van der Waals surface area contributed by atoms with E-state index in [9.17, 15) is 4.79 Å². The highest BCUT2D eigenvalue weighted by Gasteiger charge is 2.04. The summed E-state index contributed by atoms with van der Waals surface area (Å²) in [5.41, 5.74) is 2.94. The van der Waals surface area contributed by atoms with Crippen molar-refractivity contribution < 1.29 is 9.53 Å². The molecule has 0 fully saturated rings. The van der Waals surface area contributed by atoms with Crippen LogP contribution in [-0.4, -0.2) is 18.6 Å². The minimum absolute atomic E-state index is 0.221. The number of hydrogen-bond donors (Lipinski definition) is 1. The number of anilines is 1. The number of halogens is 1. The molecule has 82 valence electrons. The summed E-state index contributed by atoms with van der Waals surface area (Å²) in [6, 6.07) is 5.79. The first-order valence-electron chi connectivity index (χ1n) is 4.70. The van der Waals surface area contributed by atoms with Crippen molar-refractivity contribution in [3.63, 3.8) is 0 Å². The summed E-state index contributed by atoms with van der Waals surface area (Å²) < 4.78 is 4.80. The number of carbonyl (C=O) groups excluding carboxylic acids is 1. The molecule has 0 spiro atoms. The number of aryl methyl sites for hydroxylation is 2. The van der Waals surface area contributed by atoms with Crippen LogP contribution in [0.4, 0.5) is 10.5 Å². The maximum atomic E-state index is 11.2. The van der Waals surface area contributed by atoms with Gasteiger partial charge in [0.1, 0.15) is 6.61 Å². The third-order valence-electron chi connectivity index (χ3n) is 1.93. The van der Waals surface area contributed by atoms with Crippen LogP contribution in [0, 0.1) is 13.8 Å². The second kappa shape index (κ2) is 5.61. The Morgan fingerprint density at radius 3 is 2.80 bits per heavy atom. The lowest BCUT2D eigenvalue weighted by Crippen LogP contribution is -2.15. The van der Waals surface area contributed by atoms with E-state index in [0.717, 1.165) is 16.8 Å². The van der Waals surface area contributed by atoms with Crippen LogP contribution < -0.4 is 5.32 Å². The van der Waals surface area contributed by atoms with E-state index in [4.69, 9.17) is 16.3 Å². The first-order chi connectivity index (χ1) is 7.13. The molecule has 0 aliphatic heterocycles. The Hall–Kier alpha value is -1.22. The molecule has 0 aliphatic carbocycles. The van der Waals surface area contributed by atoms with Gasteiger partial charge in [-0.15, -0.1) is 11.6 Å². The predicted octanol–water partition coefficient (Wildman–Crippen LogP) is 3.09. The molecule has 0 heterocycles. The molecule has 15 heavy (non-hydrogen) atoms. The van der Waals surface area contributed by atoms with Gasteiger partial charge in [0.15, 0.2) is 0 Å². The van der Waals surface area contributed by atoms with Crippen molar-refractivity contribution in [3.05, 3.63) is 29.3 Å². The molecular weight excluding hydrogens is 214 g/mol. The van der Waals surface area contributed by atoms with E-state index < -0.39 is 6.09 Å². The summed E-state index contributed by atoms with van der Waals surface area (Å²) in [4.78, 5) is 11.2. The predicted molar refractivity (Wildman–Crippen MR) is 61.6 cm³/mol. The van der Waals surface area contributed by atoms with Crippen LogP contribution in [0.5, 0.6) is 0 Å². The van der Waals surface area contributed by atoms with Gasteiger partial charge in [0.25, 0.3) is 0 Å². The van der Waals surface area contributed by atoms with Gasteiger partial charge in [0.05, 0.1) is 5.88 Å². The van der Waals surface area contributed by atoms with Gasteiger partial charge >= 0.3 is 6.09 Å². The topological polar surface area (TPSA) is 38.3 Å². The van der Waals surface area contributed by atoms with Crippen molar-refractivity contribution in [3.8, 4) is 0 Å². The van der Waals surface area contributed by atoms with Gasteiger partial charge in [-0.2, -0.15) is 0 Å². The average Bonchev–Trinajstić information content (AvgIpc) is 2.19.